The molecule has 0 atom stereocenters. The highest BCUT2D eigenvalue weighted by atomic mass is 32.2. The standard InChI is InChI=1S/C16H21N3O2S/c17-15-3-1-2-14(12-15)9-11-19-10-8-13-4-6-16(7-5-13)22(18,20)21/h1-7,12,19H,8-11,17H2,(H2,18,20,21). The quantitative estimate of drug-likeness (QED) is 0.529. The Hall–Kier alpha value is -1.89. The van der Waals surface area contributed by atoms with E-state index in [-0.39, 0.29) is 4.90 Å². The average molecular weight is 319 g/mol. The van der Waals surface area contributed by atoms with E-state index in [9.17, 15) is 8.42 Å². The molecule has 0 radical (unpaired) electrons. The van der Waals surface area contributed by atoms with Crippen LogP contribution >= 0.6 is 0 Å². The molecule has 0 saturated heterocycles. The van der Waals surface area contributed by atoms with E-state index in [4.69, 9.17) is 10.9 Å². The minimum Gasteiger partial charge on any atom is -0.399 e. The molecule has 5 N–H and O–H groups in total. The number of nitrogen functional groups attached to an aromatic ring is 1. The van der Waals surface area contributed by atoms with Crippen LogP contribution in [0.15, 0.2) is 53.4 Å². The van der Waals surface area contributed by atoms with Gasteiger partial charge in [-0.2, -0.15) is 0 Å². The van der Waals surface area contributed by atoms with Crippen LogP contribution in [0.2, 0.25) is 0 Å². The summed E-state index contributed by atoms with van der Waals surface area (Å²) in [6.07, 6.45) is 1.76. The number of hydrogen-bond donors (Lipinski definition) is 3. The summed E-state index contributed by atoms with van der Waals surface area (Å²) in [4.78, 5) is 0.144. The van der Waals surface area contributed by atoms with Gasteiger partial charge in [-0.1, -0.05) is 24.3 Å². The first-order chi connectivity index (χ1) is 10.4. The van der Waals surface area contributed by atoms with Crippen LogP contribution in [0.25, 0.3) is 0 Å². The molecule has 2 aromatic carbocycles. The molecule has 22 heavy (non-hydrogen) atoms. The fraction of sp³-hybridized carbons (Fsp3) is 0.250. The van der Waals surface area contributed by atoms with Gasteiger partial charge in [-0.05, 0) is 61.3 Å². The lowest BCUT2D eigenvalue weighted by molar-refractivity contribution is 0.597. The number of anilines is 1. The molecule has 118 valence electrons. The number of nitrogens with two attached hydrogens (primary N) is 2. The van der Waals surface area contributed by atoms with Gasteiger partial charge in [0.2, 0.25) is 10.0 Å². The molecule has 5 nitrogen and oxygen atoms in total. The number of hydrogen-bond acceptors (Lipinski definition) is 4. The second-order valence-corrected chi connectivity index (χ2v) is 6.75. The molecule has 0 saturated carbocycles. The lowest BCUT2D eigenvalue weighted by Gasteiger charge is -2.06. The summed E-state index contributed by atoms with van der Waals surface area (Å²) >= 11 is 0. The second-order valence-electron chi connectivity index (χ2n) is 5.18. The Kier molecular flexibility index (Phi) is 5.54. The summed E-state index contributed by atoms with van der Waals surface area (Å²) in [6.45, 7) is 1.70. The molecule has 6 heteroatoms. The summed E-state index contributed by atoms with van der Waals surface area (Å²) in [7, 11) is -3.61. The minimum absolute atomic E-state index is 0.144. The van der Waals surface area contributed by atoms with Crippen molar-refractivity contribution in [3.8, 4) is 0 Å². The first-order valence-electron chi connectivity index (χ1n) is 7.12. The molecule has 0 aliphatic carbocycles. The molecular formula is C16H21N3O2S. The van der Waals surface area contributed by atoms with Crippen molar-refractivity contribution >= 4 is 15.7 Å². The van der Waals surface area contributed by atoms with E-state index in [1.807, 2.05) is 18.2 Å². The third kappa shape index (κ3) is 5.14. The van der Waals surface area contributed by atoms with E-state index in [1.54, 1.807) is 12.1 Å². The molecule has 0 amide bonds. The molecule has 2 aromatic rings. The lowest BCUT2D eigenvalue weighted by atomic mass is 10.1. The van der Waals surface area contributed by atoms with E-state index >= 15 is 0 Å². The first kappa shape index (κ1) is 16.5. The number of nitrogens with one attached hydrogen (secondary N) is 1. The highest BCUT2D eigenvalue weighted by Crippen LogP contribution is 2.09. The second kappa shape index (κ2) is 7.40. The molecule has 0 aromatic heterocycles. The largest absolute Gasteiger partial charge is 0.399 e. The number of sulfonamides is 1. The maximum atomic E-state index is 11.2. The topological polar surface area (TPSA) is 98.2 Å². The van der Waals surface area contributed by atoms with Gasteiger partial charge in [-0.25, -0.2) is 13.6 Å². The van der Waals surface area contributed by atoms with Crippen LogP contribution in [0.3, 0.4) is 0 Å². The van der Waals surface area contributed by atoms with Gasteiger partial charge in [0.1, 0.15) is 0 Å². The smallest absolute Gasteiger partial charge is 0.238 e. The first-order valence-corrected chi connectivity index (χ1v) is 8.67. The zero-order chi connectivity index (χ0) is 16.0. The third-order valence-corrected chi connectivity index (χ3v) is 4.31. The Morgan fingerprint density at radius 1 is 0.909 bits per heavy atom. The number of benzene rings is 2. The van der Waals surface area contributed by atoms with Crippen molar-refractivity contribution in [2.75, 3.05) is 18.8 Å². The molecule has 0 aliphatic rings. The fourth-order valence-electron chi connectivity index (χ4n) is 2.18. The summed E-state index contributed by atoms with van der Waals surface area (Å²) in [5, 5.41) is 8.43. The Balaban J connectivity index is 1.73. The van der Waals surface area contributed by atoms with Crippen LogP contribution in [0.5, 0.6) is 0 Å². The van der Waals surface area contributed by atoms with Gasteiger partial charge in [0, 0.05) is 5.69 Å². The zero-order valence-corrected chi connectivity index (χ0v) is 13.1. The van der Waals surface area contributed by atoms with Gasteiger partial charge in [0.25, 0.3) is 0 Å². The SMILES string of the molecule is Nc1cccc(CCNCCc2ccc(S(N)(=O)=O)cc2)c1. The van der Waals surface area contributed by atoms with Gasteiger partial charge in [0.05, 0.1) is 4.90 Å². The molecular weight excluding hydrogens is 298 g/mol. The maximum Gasteiger partial charge on any atom is 0.238 e. The Morgan fingerprint density at radius 3 is 2.14 bits per heavy atom. The highest BCUT2D eigenvalue weighted by Gasteiger charge is 2.06. The summed E-state index contributed by atoms with van der Waals surface area (Å²) in [5.74, 6) is 0. The van der Waals surface area contributed by atoms with Crippen LogP contribution in [0.1, 0.15) is 11.1 Å². The predicted molar refractivity (Wildman–Crippen MR) is 88.9 cm³/mol. The molecule has 0 aliphatic heterocycles. The van der Waals surface area contributed by atoms with Crippen LogP contribution in [0, 0.1) is 0 Å². The van der Waals surface area contributed by atoms with Crippen molar-refractivity contribution in [3.63, 3.8) is 0 Å². The van der Waals surface area contributed by atoms with Crippen molar-refractivity contribution < 1.29 is 8.42 Å². The van der Waals surface area contributed by atoms with Crippen molar-refractivity contribution in [1.82, 2.24) is 5.32 Å². The average Bonchev–Trinajstić information content (AvgIpc) is 2.46. The van der Waals surface area contributed by atoms with Crippen LogP contribution in [0.4, 0.5) is 5.69 Å². The predicted octanol–water partition coefficient (Wildman–Crippen LogP) is 1.29. The fourth-order valence-corrected chi connectivity index (χ4v) is 2.70. The van der Waals surface area contributed by atoms with Gasteiger partial charge < -0.3 is 11.1 Å². The van der Waals surface area contributed by atoms with Gasteiger partial charge in [0.15, 0.2) is 0 Å². The lowest BCUT2D eigenvalue weighted by Crippen LogP contribution is -2.20. The Labute approximate surface area is 131 Å². The molecule has 0 fully saturated rings. The van der Waals surface area contributed by atoms with Crippen molar-refractivity contribution in [1.29, 1.82) is 0 Å². The highest BCUT2D eigenvalue weighted by molar-refractivity contribution is 7.89. The molecule has 2 rings (SSSR count). The third-order valence-electron chi connectivity index (χ3n) is 3.38. The van der Waals surface area contributed by atoms with Crippen molar-refractivity contribution in [3.05, 3.63) is 59.7 Å². The van der Waals surface area contributed by atoms with E-state index in [2.05, 4.69) is 11.4 Å². The maximum absolute atomic E-state index is 11.2. The van der Waals surface area contributed by atoms with Gasteiger partial charge in [-0.15, -0.1) is 0 Å². The number of primary sulfonamides is 1. The minimum atomic E-state index is -3.61. The van der Waals surface area contributed by atoms with Crippen LogP contribution < -0.4 is 16.2 Å². The van der Waals surface area contributed by atoms with Gasteiger partial charge >= 0.3 is 0 Å². The summed E-state index contributed by atoms with van der Waals surface area (Å²) in [5.41, 5.74) is 8.81. The van der Waals surface area contributed by atoms with E-state index in [1.165, 1.54) is 17.7 Å². The molecule has 0 spiro atoms. The van der Waals surface area contributed by atoms with Gasteiger partial charge in [-0.3, -0.25) is 0 Å². The van der Waals surface area contributed by atoms with Crippen LogP contribution in [-0.2, 0) is 22.9 Å². The molecule has 0 unspecified atom stereocenters. The Bertz CT molecular complexity index is 712. The summed E-state index contributed by atoms with van der Waals surface area (Å²) in [6, 6.07) is 14.5. The molecule has 0 bridgehead atoms. The van der Waals surface area contributed by atoms with Crippen molar-refractivity contribution in [2.45, 2.75) is 17.7 Å². The summed E-state index contributed by atoms with van der Waals surface area (Å²) < 4.78 is 22.3. The Morgan fingerprint density at radius 2 is 1.55 bits per heavy atom. The van der Waals surface area contributed by atoms with E-state index in [0.29, 0.717) is 0 Å². The van der Waals surface area contributed by atoms with Crippen LogP contribution in [-0.4, -0.2) is 21.5 Å². The normalized spacial score (nSPS) is 11.5. The monoisotopic (exact) mass is 319 g/mol. The molecule has 0 heterocycles. The van der Waals surface area contributed by atoms with Crippen molar-refractivity contribution in [2.24, 2.45) is 5.14 Å². The zero-order valence-electron chi connectivity index (χ0n) is 12.3. The number of rotatable bonds is 7. The van der Waals surface area contributed by atoms with E-state index < -0.39 is 10.0 Å². The van der Waals surface area contributed by atoms with E-state index in [0.717, 1.165) is 37.2 Å².